The highest BCUT2D eigenvalue weighted by Gasteiger charge is 2.24. The molecule has 1 heterocycles. The molecule has 0 aliphatic carbocycles. The van der Waals surface area contributed by atoms with Crippen LogP contribution in [0, 0.1) is 0 Å². The Balaban J connectivity index is 2.54. The van der Waals surface area contributed by atoms with E-state index in [2.05, 4.69) is 49.4 Å². The van der Waals surface area contributed by atoms with Crippen LogP contribution in [0.4, 0.5) is 0 Å². The van der Waals surface area contributed by atoms with E-state index in [4.69, 9.17) is 5.84 Å². The molecule has 1 atom stereocenters. The molecule has 3 N–H and O–H groups in total. The van der Waals surface area contributed by atoms with Gasteiger partial charge >= 0.3 is 0 Å². The zero-order valence-corrected chi connectivity index (χ0v) is 12.0. The Hall–Kier alpha value is -1.65. The lowest BCUT2D eigenvalue weighted by molar-refractivity contribution is 0.538. The van der Waals surface area contributed by atoms with Crippen LogP contribution in [-0.2, 0) is 12.5 Å². The molecule has 0 saturated heterocycles. The van der Waals surface area contributed by atoms with Gasteiger partial charge in [-0.3, -0.25) is 5.84 Å². The second kappa shape index (κ2) is 5.15. The maximum atomic E-state index is 5.77. The van der Waals surface area contributed by atoms with E-state index in [1.54, 1.807) is 6.20 Å². The van der Waals surface area contributed by atoms with Crippen molar-refractivity contribution in [3.63, 3.8) is 0 Å². The van der Waals surface area contributed by atoms with Gasteiger partial charge in [-0.1, -0.05) is 45.0 Å². The lowest BCUT2D eigenvalue weighted by Crippen LogP contribution is -2.32. The summed E-state index contributed by atoms with van der Waals surface area (Å²) in [5.74, 6) is 6.69. The SMILES string of the molecule is Cn1ccnc1C(NN)c1ccccc1C(C)(C)C. The van der Waals surface area contributed by atoms with E-state index in [9.17, 15) is 0 Å². The molecule has 19 heavy (non-hydrogen) atoms. The molecule has 4 heteroatoms. The predicted molar refractivity (Wildman–Crippen MR) is 77.5 cm³/mol. The third-order valence-corrected chi connectivity index (χ3v) is 3.36. The molecule has 1 aromatic heterocycles. The standard InChI is InChI=1S/C15H22N4/c1-15(2,3)12-8-6-5-7-11(12)13(18-16)14-17-9-10-19(14)4/h5-10,13,18H,16H2,1-4H3. The molecule has 0 bridgehead atoms. The Kier molecular flexibility index (Phi) is 3.73. The first-order valence-corrected chi connectivity index (χ1v) is 6.48. The van der Waals surface area contributed by atoms with Gasteiger partial charge in [0.05, 0.1) is 0 Å². The van der Waals surface area contributed by atoms with E-state index in [0.717, 1.165) is 5.82 Å². The highest BCUT2D eigenvalue weighted by molar-refractivity contribution is 5.38. The number of nitrogens with one attached hydrogen (secondary N) is 1. The molecule has 0 fully saturated rings. The van der Waals surface area contributed by atoms with E-state index in [1.807, 2.05) is 23.9 Å². The molecule has 0 saturated carbocycles. The third-order valence-electron chi connectivity index (χ3n) is 3.36. The number of hydrazine groups is 1. The Labute approximate surface area is 114 Å². The van der Waals surface area contributed by atoms with Crippen molar-refractivity contribution in [3.8, 4) is 0 Å². The van der Waals surface area contributed by atoms with Crippen molar-refractivity contribution in [1.82, 2.24) is 15.0 Å². The molecule has 0 aliphatic heterocycles. The van der Waals surface area contributed by atoms with Crippen molar-refractivity contribution < 1.29 is 0 Å². The van der Waals surface area contributed by atoms with Crippen LogP contribution < -0.4 is 11.3 Å². The number of imidazole rings is 1. The number of hydrogen-bond acceptors (Lipinski definition) is 3. The number of rotatable bonds is 3. The van der Waals surface area contributed by atoms with Gasteiger partial charge in [-0.05, 0) is 16.5 Å². The number of nitrogens with two attached hydrogens (primary N) is 1. The predicted octanol–water partition coefficient (Wildman–Crippen LogP) is 2.27. The largest absolute Gasteiger partial charge is 0.336 e. The summed E-state index contributed by atoms with van der Waals surface area (Å²) >= 11 is 0. The van der Waals surface area contributed by atoms with Crippen molar-refractivity contribution in [1.29, 1.82) is 0 Å². The monoisotopic (exact) mass is 258 g/mol. The first-order valence-electron chi connectivity index (χ1n) is 6.48. The molecular formula is C15H22N4. The van der Waals surface area contributed by atoms with Crippen LogP contribution >= 0.6 is 0 Å². The summed E-state index contributed by atoms with van der Waals surface area (Å²) < 4.78 is 1.99. The van der Waals surface area contributed by atoms with Gasteiger partial charge in [0.15, 0.2) is 0 Å². The van der Waals surface area contributed by atoms with Gasteiger partial charge in [0, 0.05) is 19.4 Å². The smallest absolute Gasteiger partial charge is 0.131 e. The fourth-order valence-electron chi connectivity index (χ4n) is 2.39. The number of nitrogens with zero attached hydrogens (tertiary/aromatic N) is 2. The van der Waals surface area contributed by atoms with Crippen LogP contribution in [0.5, 0.6) is 0 Å². The molecule has 0 spiro atoms. The van der Waals surface area contributed by atoms with E-state index in [1.165, 1.54) is 11.1 Å². The highest BCUT2D eigenvalue weighted by atomic mass is 15.3. The molecule has 2 rings (SSSR count). The van der Waals surface area contributed by atoms with Crippen molar-refractivity contribution in [3.05, 3.63) is 53.6 Å². The van der Waals surface area contributed by atoms with E-state index in [0.29, 0.717) is 0 Å². The van der Waals surface area contributed by atoms with E-state index >= 15 is 0 Å². The van der Waals surface area contributed by atoms with Gasteiger partial charge in [0.1, 0.15) is 11.9 Å². The van der Waals surface area contributed by atoms with Crippen molar-refractivity contribution >= 4 is 0 Å². The maximum Gasteiger partial charge on any atom is 0.131 e. The maximum absolute atomic E-state index is 5.77. The normalized spacial score (nSPS) is 13.5. The van der Waals surface area contributed by atoms with E-state index < -0.39 is 0 Å². The summed E-state index contributed by atoms with van der Waals surface area (Å²) in [4.78, 5) is 4.41. The van der Waals surface area contributed by atoms with Crippen LogP contribution in [0.25, 0.3) is 0 Å². The minimum absolute atomic E-state index is 0.0663. The van der Waals surface area contributed by atoms with Gasteiger partial charge < -0.3 is 4.57 Å². The average molecular weight is 258 g/mol. The number of aryl methyl sites for hydroxylation is 1. The molecule has 1 aromatic carbocycles. The second-order valence-electron chi connectivity index (χ2n) is 5.83. The third kappa shape index (κ3) is 2.69. The summed E-state index contributed by atoms with van der Waals surface area (Å²) in [5, 5.41) is 0. The molecule has 0 aliphatic rings. The quantitative estimate of drug-likeness (QED) is 0.656. The first-order chi connectivity index (χ1) is 8.95. The molecule has 4 nitrogen and oxygen atoms in total. The fraction of sp³-hybridized carbons (Fsp3) is 0.400. The molecule has 2 aromatic rings. The Morgan fingerprint density at radius 2 is 1.95 bits per heavy atom. The van der Waals surface area contributed by atoms with Gasteiger partial charge in [0.2, 0.25) is 0 Å². The lowest BCUT2D eigenvalue weighted by Gasteiger charge is -2.27. The average Bonchev–Trinajstić information content (AvgIpc) is 2.76. The van der Waals surface area contributed by atoms with Gasteiger partial charge in [-0.2, -0.15) is 0 Å². The molecular weight excluding hydrogens is 236 g/mol. The van der Waals surface area contributed by atoms with Crippen LogP contribution in [0.2, 0.25) is 0 Å². The van der Waals surface area contributed by atoms with Crippen molar-refractivity contribution in [2.75, 3.05) is 0 Å². The number of hydrogen-bond donors (Lipinski definition) is 2. The first kappa shape index (κ1) is 13.8. The van der Waals surface area contributed by atoms with Crippen molar-refractivity contribution in [2.45, 2.75) is 32.2 Å². The Bertz CT molecular complexity index is 551. The topological polar surface area (TPSA) is 55.9 Å². The second-order valence-corrected chi connectivity index (χ2v) is 5.83. The summed E-state index contributed by atoms with van der Waals surface area (Å²) in [6.07, 6.45) is 3.72. The van der Waals surface area contributed by atoms with Gasteiger partial charge in [0.25, 0.3) is 0 Å². The zero-order valence-electron chi connectivity index (χ0n) is 12.0. The van der Waals surface area contributed by atoms with Gasteiger partial charge in [-0.15, -0.1) is 0 Å². The highest BCUT2D eigenvalue weighted by Crippen LogP contribution is 2.31. The van der Waals surface area contributed by atoms with Crippen LogP contribution in [-0.4, -0.2) is 9.55 Å². The molecule has 1 unspecified atom stereocenters. The summed E-state index contributed by atoms with van der Waals surface area (Å²) in [7, 11) is 1.98. The zero-order chi connectivity index (χ0) is 14.0. The van der Waals surface area contributed by atoms with Gasteiger partial charge in [-0.25, -0.2) is 10.4 Å². The van der Waals surface area contributed by atoms with Crippen LogP contribution in [0.1, 0.15) is 43.8 Å². The molecule has 102 valence electrons. The molecule has 0 radical (unpaired) electrons. The fourth-order valence-corrected chi connectivity index (χ4v) is 2.39. The summed E-state index contributed by atoms with van der Waals surface area (Å²) in [5.41, 5.74) is 5.41. The number of benzene rings is 1. The summed E-state index contributed by atoms with van der Waals surface area (Å²) in [6.45, 7) is 6.62. The van der Waals surface area contributed by atoms with Crippen LogP contribution in [0.3, 0.4) is 0 Å². The molecule has 0 amide bonds. The minimum Gasteiger partial charge on any atom is -0.336 e. The Morgan fingerprint density at radius 3 is 2.47 bits per heavy atom. The van der Waals surface area contributed by atoms with Crippen molar-refractivity contribution in [2.24, 2.45) is 12.9 Å². The summed E-state index contributed by atoms with van der Waals surface area (Å²) in [6, 6.07) is 8.27. The number of aromatic nitrogens is 2. The van der Waals surface area contributed by atoms with E-state index in [-0.39, 0.29) is 11.5 Å². The lowest BCUT2D eigenvalue weighted by atomic mass is 9.81. The minimum atomic E-state index is -0.101. The Morgan fingerprint density at radius 1 is 1.26 bits per heavy atom. The van der Waals surface area contributed by atoms with Crippen LogP contribution in [0.15, 0.2) is 36.7 Å².